The van der Waals surface area contributed by atoms with Crippen LogP contribution in [0.5, 0.6) is 5.75 Å². The third-order valence-electron chi connectivity index (χ3n) is 1.83. The highest BCUT2D eigenvalue weighted by atomic mass is 35.5. The molecule has 5 heteroatoms. The molecule has 1 atom stereocenters. The lowest BCUT2D eigenvalue weighted by molar-refractivity contribution is 0.0813. The van der Waals surface area contributed by atoms with Crippen LogP contribution < -0.4 is 10.5 Å². The second-order valence-corrected chi connectivity index (χ2v) is 3.61. The highest BCUT2D eigenvalue weighted by Gasteiger charge is 2.11. The molecule has 0 saturated carbocycles. The molecule has 0 heterocycles. The van der Waals surface area contributed by atoms with E-state index < -0.39 is 13.0 Å². The summed E-state index contributed by atoms with van der Waals surface area (Å²) in [5.74, 6) is 0.356. The van der Waals surface area contributed by atoms with Gasteiger partial charge in [0.25, 0.3) is 6.43 Å². The van der Waals surface area contributed by atoms with E-state index in [4.69, 9.17) is 22.1 Å². The third-order valence-corrected chi connectivity index (χ3v) is 2.06. The van der Waals surface area contributed by atoms with Gasteiger partial charge in [0.15, 0.2) is 0 Å². The molecule has 0 radical (unpaired) electrons. The summed E-state index contributed by atoms with van der Waals surface area (Å²) in [5.41, 5.74) is 6.29. The number of hydrogen-bond donors (Lipinski definition) is 1. The van der Waals surface area contributed by atoms with Gasteiger partial charge in [0, 0.05) is 16.6 Å². The zero-order valence-electron chi connectivity index (χ0n) is 8.21. The second-order valence-electron chi connectivity index (χ2n) is 3.17. The Hall–Kier alpha value is -0.870. The van der Waals surface area contributed by atoms with Gasteiger partial charge in [-0.25, -0.2) is 8.78 Å². The molecule has 0 fully saturated rings. The van der Waals surface area contributed by atoms with Crippen LogP contribution in [0.2, 0.25) is 5.02 Å². The molecule has 0 bridgehead atoms. The number of rotatable bonds is 4. The molecule has 0 aliphatic heterocycles. The first-order chi connectivity index (χ1) is 7.00. The van der Waals surface area contributed by atoms with E-state index in [0.717, 1.165) is 0 Å². The highest BCUT2D eigenvalue weighted by Crippen LogP contribution is 2.27. The summed E-state index contributed by atoms with van der Waals surface area (Å²) < 4.78 is 28.8. The molecule has 0 aliphatic carbocycles. The number of benzene rings is 1. The van der Waals surface area contributed by atoms with Gasteiger partial charge >= 0.3 is 0 Å². The maximum atomic E-state index is 12.0. The summed E-state index contributed by atoms with van der Waals surface area (Å²) in [4.78, 5) is 0. The van der Waals surface area contributed by atoms with Crippen molar-refractivity contribution >= 4 is 11.6 Å². The van der Waals surface area contributed by atoms with Gasteiger partial charge in [-0.15, -0.1) is 0 Å². The number of halogens is 3. The molecular formula is C10H12ClF2NO. The first-order valence-corrected chi connectivity index (χ1v) is 4.84. The van der Waals surface area contributed by atoms with Crippen molar-refractivity contribution < 1.29 is 13.5 Å². The summed E-state index contributed by atoms with van der Waals surface area (Å²) in [6, 6.07) is 4.43. The Morgan fingerprint density at radius 2 is 2.13 bits per heavy atom. The first-order valence-electron chi connectivity index (χ1n) is 4.46. The molecule has 1 aromatic carbocycles. The van der Waals surface area contributed by atoms with Crippen molar-refractivity contribution in [2.75, 3.05) is 6.61 Å². The Morgan fingerprint density at radius 3 is 2.67 bits per heavy atom. The van der Waals surface area contributed by atoms with Crippen LogP contribution in [0.1, 0.15) is 18.5 Å². The van der Waals surface area contributed by atoms with Crippen LogP contribution >= 0.6 is 11.6 Å². The molecule has 0 aromatic heterocycles. The molecule has 0 saturated heterocycles. The van der Waals surface area contributed by atoms with E-state index in [-0.39, 0.29) is 6.04 Å². The van der Waals surface area contributed by atoms with Crippen molar-refractivity contribution in [1.82, 2.24) is 0 Å². The van der Waals surface area contributed by atoms with Gasteiger partial charge in [-0.3, -0.25) is 0 Å². The molecule has 0 amide bonds. The fraction of sp³-hybridized carbons (Fsp3) is 0.400. The van der Waals surface area contributed by atoms with Gasteiger partial charge in [-0.05, 0) is 25.1 Å². The summed E-state index contributed by atoms with van der Waals surface area (Å²) in [6.45, 7) is 1.10. The predicted molar refractivity (Wildman–Crippen MR) is 55.6 cm³/mol. The van der Waals surface area contributed by atoms with Crippen LogP contribution in [0.3, 0.4) is 0 Å². The molecule has 0 aliphatic rings. The van der Waals surface area contributed by atoms with Gasteiger partial charge in [0.05, 0.1) is 0 Å². The largest absolute Gasteiger partial charge is 0.487 e. The summed E-state index contributed by atoms with van der Waals surface area (Å²) in [6.07, 6.45) is -2.50. The van der Waals surface area contributed by atoms with E-state index in [1.54, 1.807) is 25.1 Å². The predicted octanol–water partition coefficient (Wildman–Crippen LogP) is 3.00. The lowest BCUT2D eigenvalue weighted by Crippen LogP contribution is -2.12. The Morgan fingerprint density at radius 1 is 1.47 bits per heavy atom. The Bertz CT molecular complexity index is 331. The smallest absolute Gasteiger partial charge is 0.272 e. The molecule has 2 nitrogen and oxygen atoms in total. The van der Waals surface area contributed by atoms with Crippen LogP contribution in [0.15, 0.2) is 18.2 Å². The minimum atomic E-state index is -2.50. The van der Waals surface area contributed by atoms with Crippen molar-refractivity contribution in [3.63, 3.8) is 0 Å². The molecule has 84 valence electrons. The molecule has 2 N–H and O–H groups in total. The lowest BCUT2D eigenvalue weighted by atomic mass is 10.1. The summed E-state index contributed by atoms with van der Waals surface area (Å²) >= 11 is 5.76. The summed E-state index contributed by atoms with van der Waals surface area (Å²) in [5, 5.41) is 0.506. The van der Waals surface area contributed by atoms with Gasteiger partial charge < -0.3 is 10.5 Å². The molecule has 1 aromatic rings. The van der Waals surface area contributed by atoms with Gasteiger partial charge in [0.1, 0.15) is 12.4 Å². The number of hydrogen-bond acceptors (Lipinski definition) is 2. The maximum absolute atomic E-state index is 12.0. The fourth-order valence-corrected chi connectivity index (χ4v) is 1.34. The molecule has 15 heavy (non-hydrogen) atoms. The summed E-state index contributed by atoms with van der Waals surface area (Å²) in [7, 11) is 0. The maximum Gasteiger partial charge on any atom is 0.272 e. The Kier molecular flexibility index (Phi) is 4.29. The van der Waals surface area contributed by atoms with E-state index in [9.17, 15) is 8.78 Å². The van der Waals surface area contributed by atoms with Crippen LogP contribution in [0.4, 0.5) is 8.78 Å². The number of ether oxygens (including phenoxy) is 1. The van der Waals surface area contributed by atoms with Crippen LogP contribution in [-0.2, 0) is 0 Å². The normalized spacial score (nSPS) is 12.9. The zero-order valence-corrected chi connectivity index (χ0v) is 8.97. The van der Waals surface area contributed by atoms with Gasteiger partial charge in [-0.2, -0.15) is 0 Å². The SMILES string of the molecule is C[C@H](N)c1cc(Cl)ccc1OCC(F)F. The van der Waals surface area contributed by atoms with E-state index in [1.165, 1.54) is 0 Å². The molecule has 0 unspecified atom stereocenters. The third kappa shape index (κ3) is 3.64. The first kappa shape index (κ1) is 12.2. The zero-order chi connectivity index (χ0) is 11.4. The van der Waals surface area contributed by atoms with E-state index >= 15 is 0 Å². The quantitative estimate of drug-likeness (QED) is 0.871. The minimum absolute atomic E-state index is 0.309. The Labute approximate surface area is 92.0 Å². The molecular weight excluding hydrogens is 224 g/mol. The standard InChI is InChI=1S/C10H12ClF2NO/c1-6(14)8-4-7(11)2-3-9(8)15-5-10(12)13/h2-4,6,10H,5,14H2,1H3/t6-/m0/s1. The van der Waals surface area contributed by atoms with Crippen LogP contribution in [0, 0.1) is 0 Å². The van der Waals surface area contributed by atoms with Crippen molar-refractivity contribution in [1.29, 1.82) is 0 Å². The minimum Gasteiger partial charge on any atom is -0.487 e. The number of alkyl halides is 2. The Balaban J connectivity index is 2.86. The fourth-order valence-electron chi connectivity index (χ4n) is 1.16. The average Bonchev–Trinajstić information content (AvgIpc) is 2.15. The molecule has 1 rings (SSSR count). The van der Waals surface area contributed by atoms with Crippen molar-refractivity contribution in [3.05, 3.63) is 28.8 Å². The molecule has 0 spiro atoms. The van der Waals surface area contributed by atoms with E-state index in [1.807, 2.05) is 0 Å². The van der Waals surface area contributed by atoms with Gasteiger partial charge in [0.2, 0.25) is 0 Å². The topological polar surface area (TPSA) is 35.2 Å². The van der Waals surface area contributed by atoms with Crippen molar-refractivity contribution in [2.45, 2.75) is 19.4 Å². The number of nitrogens with two attached hydrogens (primary N) is 1. The van der Waals surface area contributed by atoms with Gasteiger partial charge in [-0.1, -0.05) is 11.6 Å². The highest BCUT2D eigenvalue weighted by molar-refractivity contribution is 6.30. The van der Waals surface area contributed by atoms with Crippen molar-refractivity contribution in [2.24, 2.45) is 5.73 Å². The van der Waals surface area contributed by atoms with Crippen LogP contribution in [0.25, 0.3) is 0 Å². The monoisotopic (exact) mass is 235 g/mol. The van der Waals surface area contributed by atoms with Crippen molar-refractivity contribution in [3.8, 4) is 5.75 Å². The average molecular weight is 236 g/mol. The van der Waals surface area contributed by atoms with E-state index in [0.29, 0.717) is 16.3 Å². The van der Waals surface area contributed by atoms with Crippen LogP contribution in [-0.4, -0.2) is 13.0 Å². The lowest BCUT2D eigenvalue weighted by Gasteiger charge is -2.13. The second kappa shape index (κ2) is 5.28. The van der Waals surface area contributed by atoms with E-state index in [2.05, 4.69) is 0 Å².